The van der Waals surface area contributed by atoms with Crippen molar-refractivity contribution < 1.29 is 13.2 Å². The number of hydrogen-bond acceptors (Lipinski definition) is 4. The highest BCUT2D eigenvalue weighted by molar-refractivity contribution is 7.89. The highest BCUT2D eigenvalue weighted by atomic mass is 35.5. The van der Waals surface area contributed by atoms with E-state index in [4.69, 9.17) is 34.8 Å². The van der Waals surface area contributed by atoms with Gasteiger partial charge in [-0.3, -0.25) is 15.6 Å². The van der Waals surface area contributed by atoms with Crippen LogP contribution in [0.1, 0.15) is 32.6 Å². The number of carbonyl (C=O) groups excluding carboxylic acids is 1. The van der Waals surface area contributed by atoms with Gasteiger partial charge in [-0.1, -0.05) is 48.1 Å². The van der Waals surface area contributed by atoms with Gasteiger partial charge in [0.2, 0.25) is 10.0 Å². The lowest BCUT2D eigenvalue weighted by molar-refractivity contribution is -0.125. The number of rotatable bonds is 6. The molecule has 1 fully saturated rings. The van der Waals surface area contributed by atoms with Crippen LogP contribution in [-0.2, 0) is 14.8 Å². The average Bonchev–Trinajstić information content (AvgIpc) is 2.53. The van der Waals surface area contributed by atoms with Gasteiger partial charge in [0.25, 0.3) is 5.91 Å². The van der Waals surface area contributed by atoms with Crippen molar-refractivity contribution in [1.29, 1.82) is 0 Å². The number of carbonyl (C=O) groups is 1. The Morgan fingerprint density at radius 2 is 1.88 bits per heavy atom. The number of sulfonamides is 1. The Morgan fingerprint density at radius 3 is 2.48 bits per heavy atom. The molecule has 1 aromatic carbocycles. The zero-order valence-corrected chi connectivity index (χ0v) is 16.8. The fraction of sp³-hybridized carbons (Fsp3) is 0.533. The van der Waals surface area contributed by atoms with Gasteiger partial charge in [-0.05, 0) is 31.4 Å². The Labute approximate surface area is 162 Å². The Bertz CT molecular complexity index is 720. The highest BCUT2D eigenvalue weighted by Crippen LogP contribution is 2.33. The molecule has 1 aromatic rings. The fourth-order valence-corrected chi connectivity index (χ4v) is 5.40. The van der Waals surface area contributed by atoms with Crippen molar-refractivity contribution in [3.63, 3.8) is 0 Å². The molecule has 0 spiro atoms. The van der Waals surface area contributed by atoms with Crippen molar-refractivity contribution in [1.82, 2.24) is 9.73 Å². The van der Waals surface area contributed by atoms with Gasteiger partial charge in [-0.2, -0.15) is 4.31 Å². The Balaban J connectivity index is 2.11. The lowest BCUT2D eigenvalue weighted by Crippen LogP contribution is -2.53. The van der Waals surface area contributed by atoms with Gasteiger partial charge in [0, 0.05) is 11.6 Å². The first-order valence-corrected chi connectivity index (χ1v) is 10.7. The summed E-state index contributed by atoms with van der Waals surface area (Å²) in [6.07, 6.45) is 2.51. The van der Waals surface area contributed by atoms with Gasteiger partial charge < -0.3 is 0 Å². The van der Waals surface area contributed by atoms with Crippen LogP contribution in [0.5, 0.6) is 0 Å². The van der Waals surface area contributed by atoms with E-state index in [1.807, 2.05) is 0 Å². The Morgan fingerprint density at radius 1 is 1.24 bits per heavy atom. The predicted molar refractivity (Wildman–Crippen MR) is 102 cm³/mol. The van der Waals surface area contributed by atoms with Gasteiger partial charge >= 0.3 is 0 Å². The van der Waals surface area contributed by atoms with Crippen molar-refractivity contribution >= 4 is 56.4 Å². The quantitative estimate of drug-likeness (QED) is 0.677. The van der Waals surface area contributed by atoms with Crippen molar-refractivity contribution in [2.75, 3.05) is 17.7 Å². The molecular weight excluding hydrogens is 409 g/mol. The molecule has 1 aliphatic heterocycles. The summed E-state index contributed by atoms with van der Waals surface area (Å²) in [5, 5.41) is 0.866. The van der Waals surface area contributed by atoms with Crippen molar-refractivity contribution in [3.05, 3.63) is 27.2 Å². The number of piperidine rings is 1. The molecule has 2 rings (SSSR count). The van der Waals surface area contributed by atoms with E-state index in [1.54, 1.807) is 6.92 Å². The van der Waals surface area contributed by atoms with Gasteiger partial charge in [-0.15, -0.1) is 0 Å². The van der Waals surface area contributed by atoms with E-state index in [9.17, 15) is 13.2 Å². The molecule has 1 aliphatic rings. The second-order valence-corrected chi connectivity index (χ2v) is 9.09. The van der Waals surface area contributed by atoms with E-state index in [-0.39, 0.29) is 15.8 Å². The molecule has 1 amide bonds. The summed E-state index contributed by atoms with van der Waals surface area (Å²) in [7, 11) is -3.46. The highest BCUT2D eigenvalue weighted by Gasteiger charge is 2.36. The number of nitrogens with one attached hydrogen (secondary N) is 2. The lowest BCUT2D eigenvalue weighted by atomic mass is 10.0. The number of hydrazine groups is 1. The Kier molecular flexibility index (Phi) is 7.22. The van der Waals surface area contributed by atoms with E-state index in [0.717, 1.165) is 12.8 Å². The third-order valence-electron chi connectivity index (χ3n) is 3.89. The monoisotopic (exact) mass is 427 g/mol. The molecule has 0 radical (unpaired) electrons. The van der Waals surface area contributed by atoms with Crippen LogP contribution in [0.15, 0.2) is 12.1 Å². The summed E-state index contributed by atoms with van der Waals surface area (Å²) in [5.74, 6) is -0.416. The maximum absolute atomic E-state index is 12.5. The van der Waals surface area contributed by atoms with Crippen molar-refractivity contribution in [3.8, 4) is 0 Å². The van der Waals surface area contributed by atoms with E-state index in [1.165, 1.54) is 16.4 Å². The van der Waals surface area contributed by atoms with Crippen LogP contribution < -0.4 is 10.9 Å². The van der Waals surface area contributed by atoms with E-state index >= 15 is 0 Å². The minimum atomic E-state index is -3.46. The normalized spacial score (nSPS) is 18.8. The second-order valence-electron chi connectivity index (χ2n) is 5.80. The summed E-state index contributed by atoms with van der Waals surface area (Å²) in [4.78, 5) is 12.5. The smallest absolute Gasteiger partial charge is 0.256 e. The Hall–Kier alpha value is -0.730. The lowest BCUT2D eigenvalue weighted by Gasteiger charge is -2.33. The average molecular weight is 429 g/mol. The molecule has 0 aliphatic carbocycles. The van der Waals surface area contributed by atoms with Crippen molar-refractivity contribution in [2.45, 2.75) is 38.6 Å². The second kappa shape index (κ2) is 8.77. The molecule has 0 aromatic heterocycles. The van der Waals surface area contributed by atoms with E-state index in [0.29, 0.717) is 30.1 Å². The first-order valence-electron chi connectivity index (χ1n) is 7.96. The van der Waals surface area contributed by atoms with Crippen LogP contribution in [-0.4, -0.2) is 37.0 Å². The zero-order chi connectivity index (χ0) is 18.6. The molecule has 1 saturated heterocycles. The maximum atomic E-state index is 12.5. The molecule has 10 heteroatoms. The number of amides is 1. The molecule has 1 unspecified atom stereocenters. The largest absolute Gasteiger partial charge is 0.296 e. The van der Waals surface area contributed by atoms with Crippen LogP contribution >= 0.6 is 34.8 Å². The minimum absolute atomic E-state index is 0.0268. The summed E-state index contributed by atoms with van der Waals surface area (Å²) in [6.45, 7) is 2.14. The molecule has 6 nitrogen and oxygen atoms in total. The molecule has 0 saturated carbocycles. The first kappa shape index (κ1) is 20.6. The number of halogens is 3. The van der Waals surface area contributed by atoms with Gasteiger partial charge in [0.1, 0.15) is 6.04 Å². The zero-order valence-electron chi connectivity index (χ0n) is 13.7. The molecule has 1 heterocycles. The molecule has 140 valence electrons. The fourth-order valence-electron chi connectivity index (χ4n) is 2.74. The third-order valence-corrected chi connectivity index (χ3v) is 6.78. The molecule has 2 N–H and O–H groups in total. The van der Waals surface area contributed by atoms with E-state index in [2.05, 4.69) is 10.9 Å². The number of benzene rings is 1. The summed E-state index contributed by atoms with van der Waals surface area (Å²) < 4.78 is 26.1. The minimum Gasteiger partial charge on any atom is -0.296 e. The van der Waals surface area contributed by atoms with Gasteiger partial charge in [-0.25, -0.2) is 8.42 Å². The first-order chi connectivity index (χ1) is 11.8. The summed E-state index contributed by atoms with van der Waals surface area (Å²) in [6, 6.07) is 2.23. The maximum Gasteiger partial charge on any atom is 0.256 e. The molecule has 1 atom stereocenters. The topological polar surface area (TPSA) is 78.5 Å². The number of nitrogens with zero attached hydrogens (tertiary/aromatic N) is 1. The standard InChI is InChI=1S/C15H20Cl3N3O3S/c1-2-7-25(23,24)21-6-4-3-5-13(21)15(22)20-19-14-11(17)8-10(16)9-12(14)18/h8-9,13,19H,2-7H2,1H3,(H,20,22). The van der Waals surface area contributed by atoms with Crippen LogP contribution in [0, 0.1) is 0 Å². The summed E-state index contributed by atoms with van der Waals surface area (Å²) in [5.41, 5.74) is 5.48. The molecule has 0 bridgehead atoms. The molecular formula is C15H20Cl3N3O3S. The SMILES string of the molecule is CCCS(=O)(=O)N1CCCCC1C(=O)NNc1c(Cl)cc(Cl)cc1Cl. The molecule has 25 heavy (non-hydrogen) atoms. The van der Waals surface area contributed by atoms with Gasteiger partial charge in [0.15, 0.2) is 0 Å². The van der Waals surface area contributed by atoms with Crippen LogP contribution in [0.25, 0.3) is 0 Å². The van der Waals surface area contributed by atoms with E-state index < -0.39 is 22.0 Å². The van der Waals surface area contributed by atoms with Gasteiger partial charge in [0.05, 0.1) is 21.5 Å². The van der Waals surface area contributed by atoms with Crippen LogP contribution in [0.3, 0.4) is 0 Å². The number of anilines is 1. The van der Waals surface area contributed by atoms with Crippen molar-refractivity contribution in [2.24, 2.45) is 0 Å². The number of hydrogen-bond donors (Lipinski definition) is 2. The third kappa shape index (κ3) is 5.14. The predicted octanol–water partition coefficient (Wildman–Crippen LogP) is 3.68. The summed E-state index contributed by atoms with van der Waals surface area (Å²) >= 11 is 18.0. The van der Waals surface area contributed by atoms with Crippen LogP contribution in [0.2, 0.25) is 15.1 Å². The van der Waals surface area contributed by atoms with Crippen LogP contribution in [0.4, 0.5) is 5.69 Å².